The first-order valence-electron chi connectivity index (χ1n) is 8.08. The minimum absolute atomic E-state index is 0.389. The smallest absolute Gasteiger partial charge is 0.0453 e. The fraction of sp³-hybridized carbons (Fsp3) is 0.647. The molecule has 1 heterocycles. The lowest BCUT2D eigenvalue weighted by atomic mass is 9.80. The Morgan fingerprint density at radius 1 is 1.14 bits per heavy atom. The summed E-state index contributed by atoms with van der Waals surface area (Å²) in [4.78, 5) is 2.60. The van der Waals surface area contributed by atoms with Gasteiger partial charge in [-0.2, -0.15) is 0 Å². The van der Waals surface area contributed by atoms with E-state index in [0.29, 0.717) is 10.6 Å². The fourth-order valence-electron chi connectivity index (χ4n) is 3.80. The highest BCUT2D eigenvalue weighted by Crippen LogP contribution is 2.30. The van der Waals surface area contributed by atoms with E-state index in [1.54, 1.807) is 0 Å². The van der Waals surface area contributed by atoms with Gasteiger partial charge in [-0.1, -0.05) is 48.5 Å². The summed E-state index contributed by atoms with van der Waals surface area (Å²) in [6.45, 7) is 4.55. The zero-order valence-electron chi connectivity index (χ0n) is 12.5. The van der Waals surface area contributed by atoms with Crippen LogP contribution in [0.25, 0.3) is 0 Å². The molecule has 116 valence electrons. The van der Waals surface area contributed by atoms with E-state index in [-0.39, 0.29) is 0 Å². The molecule has 2 aliphatic rings. The highest BCUT2D eigenvalue weighted by molar-refractivity contribution is 6.35. The second kappa shape index (κ2) is 6.87. The van der Waals surface area contributed by atoms with Gasteiger partial charge in [-0.05, 0) is 37.0 Å². The molecule has 1 N–H and O–H groups in total. The first-order chi connectivity index (χ1) is 10.2. The minimum Gasteiger partial charge on any atom is -0.309 e. The van der Waals surface area contributed by atoms with E-state index in [4.69, 9.17) is 23.2 Å². The Balaban J connectivity index is 1.57. The van der Waals surface area contributed by atoms with Crippen molar-refractivity contribution in [3.05, 3.63) is 33.8 Å². The van der Waals surface area contributed by atoms with Crippen LogP contribution in [0.1, 0.15) is 37.7 Å². The molecule has 1 saturated carbocycles. The summed E-state index contributed by atoms with van der Waals surface area (Å²) in [5.74, 6) is 0. The molecule has 1 aromatic rings. The predicted molar refractivity (Wildman–Crippen MR) is 90.4 cm³/mol. The average Bonchev–Trinajstić information content (AvgIpc) is 2.47. The Bertz CT molecular complexity index is 478. The quantitative estimate of drug-likeness (QED) is 0.897. The van der Waals surface area contributed by atoms with E-state index in [1.165, 1.54) is 44.2 Å². The second-order valence-electron chi connectivity index (χ2n) is 6.53. The summed E-state index contributed by atoms with van der Waals surface area (Å²) in [6.07, 6.45) is 7.85. The van der Waals surface area contributed by atoms with E-state index < -0.39 is 0 Å². The standard InChI is InChI=1S/C17H24Cl2N2/c18-15-5-4-14(16(19)12-15)6-10-21-11-9-20-17(13-21)7-2-1-3-8-17/h4-5,12,20H,1-3,6-11,13H2. The van der Waals surface area contributed by atoms with Crippen molar-refractivity contribution in [2.75, 3.05) is 26.2 Å². The van der Waals surface area contributed by atoms with Crippen LogP contribution in [0, 0.1) is 0 Å². The average molecular weight is 327 g/mol. The molecule has 2 fully saturated rings. The molecular formula is C17H24Cl2N2. The molecular weight excluding hydrogens is 303 g/mol. The molecule has 0 aromatic heterocycles. The van der Waals surface area contributed by atoms with Gasteiger partial charge in [-0.15, -0.1) is 0 Å². The monoisotopic (exact) mass is 326 g/mol. The maximum absolute atomic E-state index is 6.27. The molecule has 0 unspecified atom stereocenters. The Morgan fingerprint density at radius 2 is 1.95 bits per heavy atom. The van der Waals surface area contributed by atoms with E-state index in [0.717, 1.165) is 31.1 Å². The van der Waals surface area contributed by atoms with Crippen molar-refractivity contribution in [1.29, 1.82) is 0 Å². The number of piperazine rings is 1. The summed E-state index contributed by atoms with van der Waals surface area (Å²) >= 11 is 12.2. The normalized spacial score (nSPS) is 22.6. The molecule has 4 heteroatoms. The van der Waals surface area contributed by atoms with Crippen LogP contribution in [0.2, 0.25) is 10.0 Å². The van der Waals surface area contributed by atoms with Gasteiger partial charge in [0, 0.05) is 41.8 Å². The first-order valence-corrected chi connectivity index (χ1v) is 8.84. The molecule has 21 heavy (non-hydrogen) atoms. The van der Waals surface area contributed by atoms with Crippen molar-refractivity contribution >= 4 is 23.2 Å². The Labute approximate surface area is 137 Å². The van der Waals surface area contributed by atoms with Crippen LogP contribution < -0.4 is 5.32 Å². The van der Waals surface area contributed by atoms with Crippen LogP contribution in [0.3, 0.4) is 0 Å². The predicted octanol–water partition coefficient (Wildman–Crippen LogP) is 4.14. The van der Waals surface area contributed by atoms with Crippen molar-refractivity contribution < 1.29 is 0 Å². The molecule has 1 saturated heterocycles. The van der Waals surface area contributed by atoms with Crippen molar-refractivity contribution in [3.8, 4) is 0 Å². The highest BCUT2D eigenvalue weighted by Gasteiger charge is 2.35. The summed E-state index contributed by atoms with van der Waals surface area (Å²) in [6, 6.07) is 5.84. The largest absolute Gasteiger partial charge is 0.309 e. The van der Waals surface area contributed by atoms with Crippen LogP contribution in [0.15, 0.2) is 18.2 Å². The van der Waals surface area contributed by atoms with Gasteiger partial charge in [0.2, 0.25) is 0 Å². The SMILES string of the molecule is Clc1ccc(CCN2CCNC3(CCCCC3)C2)c(Cl)c1. The lowest BCUT2D eigenvalue weighted by molar-refractivity contribution is 0.100. The Hall–Kier alpha value is -0.280. The third-order valence-corrected chi connectivity index (χ3v) is 5.56. The topological polar surface area (TPSA) is 15.3 Å². The van der Waals surface area contributed by atoms with Gasteiger partial charge in [0.05, 0.1) is 0 Å². The summed E-state index contributed by atoms with van der Waals surface area (Å²) in [7, 11) is 0. The highest BCUT2D eigenvalue weighted by atomic mass is 35.5. The van der Waals surface area contributed by atoms with E-state index in [1.807, 2.05) is 12.1 Å². The molecule has 0 bridgehead atoms. The summed E-state index contributed by atoms with van der Waals surface area (Å²) in [5.41, 5.74) is 1.60. The summed E-state index contributed by atoms with van der Waals surface area (Å²) < 4.78 is 0. The number of hydrogen-bond donors (Lipinski definition) is 1. The zero-order valence-corrected chi connectivity index (χ0v) is 14.0. The third kappa shape index (κ3) is 3.92. The fourth-order valence-corrected chi connectivity index (χ4v) is 4.30. The van der Waals surface area contributed by atoms with Crippen molar-refractivity contribution in [2.24, 2.45) is 0 Å². The lowest BCUT2D eigenvalue weighted by Crippen LogP contribution is -2.61. The molecule has 1 spiro atoms. The maximum atomic E-state index is 6.27. The van der Waals surface area contributed by atoms with Crippen molar-refractivity contribution in [1.82, 2.24) is 10.2 Å². The Morgan fingerprint density at radius 3 is 2.71 bits per heavy atom. The van der Waals surface area contributed by atoms with Gasteiger partial charge >= 0.3 is 0 Å². The maximum Gasteiger partial charge on any atom is 0.0453 e. The van der Waals surface area contributed by atoms with E-state index in [9.17, 15) is 0 Å². The minimum atomic E-state index is 0.389. The number of halogens is 2. The third-order valence-electron chi connectivity index (χ3n) is 4.98. The molecule has 0 radical (unpaired) electrons. The molecule has 3 rings (SSSR count). The van der Waals surface area contributed by atoms with Gasteiger partial charge in [0.1, 0.15) is 0 Å². The zero-order chi connectivity index (χ0) is 14.7. The van der Waals surface area contributed by atoms with E-state index in [2.05, 4.69) is 16.3 Å². The number of hydrogen-bond acceptors (Lipinski definition) is 2. The Kier molecular flexibility index (Phi) is 5.11. The number of benzene rings is 1. The molecule has 1 aliphatic carbocycles. The number of nitrogens with zero attached hydrogens (tertiary/aromatic N) is 1. The molecule has 2 nitrogen and oxygen atoms in total. The first kappa shape index (κ1) is 15.6. The second-order valence-corrected chi connectivity index (χ2v) is 7.37. The van der Waals surface area contributed by atoms with Crippen LogP contribution in [0.4, 0.5) is 0 Å². The van der Waals surface area contributed by atoms with Crippen LogP contribution in [-0.4, -0.2) is 36.6 Å². The number of nitrogens with one attached hydrogen (secondary N) is 1. The van der Waals surface area contributed by atoms with Crippen molar-refractivity contribution in [3.63, 3.8) is 0 Å². The van der Waals surface area contributed by atoms with Crippen LogP contribution in [-0.2, 0) is 6.42 Å². The molecule has 1 aromatic carbocycles. The lowest BCUT2D eigenvalue weighted by Gasteiger charge is -2.46. The number of rotatable bonds is 3. The van der Waals surface area contributed by atoms with Gasteiger partial charge in [0.15, 0.2) is 0 Å². The van der Waals surface area contributed by atoms with Gasteiger partial charge in [-0.25, -0.2) is 0 Å². The van der Waals surface area contributed by atoms with Gasteiger partial charge in [-0.3, -0.25) is 4.90 Å². The van der Waals surface area contributed by atoms with Gasteiger partial charge in [0.25, 0.3) is 0 Å². The molecule has 0 amide bonds. The summed E-state index contributed by atoms with van der Waals surface area (Å²) in [5, 5.41) is 5.31. The van der Waals surface area contributed by atoms with Crippen LogP contribution >= 0.6 is 23.2 Å². The van der Waals surface area contributed by atoms with Crippen LogP contribution in [0.5, 0.6) is 0 Å². The van der Waals surface area contributed by atoms with Gasteiger partial charge < -0.3 is 5.32 Å². The molecule has 0 atom stereocenters. The molecule has 1 aliphatic heterocycles. The van der Waals surface area contributed by atoms with Crippen molar-refractivity contribution in [2.45, 2.75) is 44.1 Å². The van der Waals surface area contributed by atoms with E-state index >= 15 is 0 Å².